The van der Waals surface area contributed by atoms with Gasteiger partial charge in [0.1, 0.15) is 25.1 Å². The van der Waals surface area contributed by atoms with E-state index in [0.29, 0.717) is 18.0 Å². The number of aliphatic hydroxyl groups excluding tert-OH is 1. The second kappa shape index (κ2) is 6.93. The zero-order valence-corrected chi connectivity index (χ0v) is 11.4. The van der Waals surface area contributed by atoms with Gasteiger partial charge in [-0.3, -0.25) is 4.68 Å². The van der Waals surface area contributed by atoms with Crippen LogP contribution in [0.5, 0.6) is 11.5 Å². The lowest BCUT2D eigenvalue weighted by atomic mass is 10.2. The van der Waals surface area contributed by atoms with Crippen LogP contribution in [0.25, 0.3) is 0 Å². The van der Waals surface area contributed by atoms with Gasteiger partial charge in [-0.1, -0.05) is 18.2 Å². The van der Waals surface area contributed by atoms with Gasteiger partial charge in [0.2, 0.25) is 0 Å². The van der Waals surface area contributed by atoms with Crippen molar-refractivity contribution in [2.45, 2.75) is 12.6 Å². The van der Waals surface area contributed by atoms with E-state index in [1.54, 1.807) is 24.1 Å². The van der Waals surface area contributed by atoms with E-state index in [0.717, 1.165) is 5.56 Å². The van der Waals surface area contributed by atoms with E-state index in [4.69, 9.17) is 15.2 Å². The Hall–Kier alpha value is -2.05. The van der Waals surface area contributed by atoms with Crippen LogP contribution in [0.4, 0.5) is 0 Å². The maximum atomic E-state index is 9.83. The van der Waals surface area contributed by atoms with Crippen molar-refractivity contribution in [1.82, 2.24) is 9.78 Å². The Labute approximate surface area is 117 Å². The Morgan fingerprint density at radius 1 is 1.30 bits per heavy atom. The van der Waals surface area contributed by atoms with E-state index in [1.165, 1.54) is 0 Å². The summed E-state index contributed by atoms with van der Waals surface area (Å²) in [5.41, 5.74) is 6.53. The van der Waals surface area contributed by atoms with Gasteiger partial charge >= 0.3 is 0 Å². The van der Waals surface area contributed by atoms with Crippen LogP contribution in [-0.4, -0.2) is 34.2 Å². The van der Waals surface area contributed by atoms with Gasteiger partial charge < -0.3 is 20.3 Å². The third-order valence-electron chi connectivity index (χ3n) is 2.75. The highest BCUT2D eigenvalue weighted by atomic mass is 16.5. The number of aryl methyl sites for hydroxylation is 1. The van der Waals surface area contributed by atoms with Gasteiger partial charge in [-0.25, -0.2) is 0 Å². The smallest absolute Gasteiger partial charge is 0.157 e. The first-order valence-corrected chi connectivity index (χ1v) is 6.39. The minimum absolute atomic E-state index is 0.149. The third-order valence-corrected chi connectivity index (χ3v) is 2.75. The molecule has 20 heavy (non-hydrogen) atoms. The number of aliphatic hydroxyl groups is 1. The number of hydrogen-bond donors (Lipinski definition) is 2. The molecule has 0 saturated carbocycles. The summed E-state index contributed by atoms with van der Waals surface area (Å²) in [7, 11) is 1.80. The molecule has 1 aromatic heterocycles. The predicted molar refractivity (Wildman–Crippen MR) is 74.5 cm³/mol. The number of aromatic nitrogens is 2. The Kier molecular flexibility index (Phi) is 4.97. The average molecular weight is 277 g/mol. The van der Waals surface area contributed by atoms with Gasteiger partial charge in [0, 0.05) is 19.2 Å². The summed E-state index contributed by atoms with van der Waals surface area (Å²) in [4.78, 5) is 0. The number of nitrogens with two attached hydrogens (primary N) is 1. The molecule has 0 bridgehead atoms. The summed E-state index contributed by atoms with van der Waals surface area (Å²) in [5.74, 6) is 1.31. The molecule has 0 fully saturated rings. The number of ether oxygens (including phenoxy) is 2. The number of benzene rings is 1. The van der Waals surface area contributed by atoms with Crippen LogP contribution in [0.2, 0.25) is 0 Å². The topological polar surface area (TPSA) is 82.5 Å². The first-order chi connectivity index (χ1) is 9.69. The fourth-order valence-electron chi connectivity index (χ4n) is 1.71. The molecule has 6 heteroatoms. The lowest BCUT2D eigenvalue weighted by Crippen LogP contribution is -2.25. The van der Waals surface area contributed by atoms with E-state index < -0.39 is 6.10 Å². The quantitative estimate of drug-likeness (QED) is 0.778. The molecule has 108 valence electrons. The van der Waals surface area contributed by atoms with Gasteiger partial charge in [-0.15, -0.1) is 0 Å². The molecule has 1 heterocycles. The molecule has 0 saturated heterocycles. The maximum absolute atomic E-state index is 9.83. The molecule has 1 atom stereocenters. The summed E-state index contributed by atoms with van der Waals surface area (Å²) in [6.07, 6.45) is 2.61. The van der Waals surface area contributed by atoms with Crippen LogP contribution < -0.4 is 15.2 Å². The van der Waals surface area contributed by atoms with Crippen LogP contribution in [0.3, 0.4) is 0 Å². The van der Waals surface area contributed by atoms with E-state index >= 15 is 0 Å². The molecule has 0 spiro atoms. The van der Waals surface area contributed by atoms with Crippen molar-refractivity contribution < 1.29 is 14.6 Å². The van der Waals surface area contributed by atoms with Gasteiger partial charge in [-0.2, -0.15) is 5.10 Å². The van der Waals surface area contributed by atoms with Crippen molar-refractivity contribution in [2.24, 2.45) is 12.8 Å². The molecule has 0 aliphatic carbocycles. The molecule has 3 N–H and O–H groups in total. The highest BCUT2D eigenvalue weighted by Crippen LogP contribution is 2.17. The SMILES string of the molecule is Cn1cc(OCC(O)COc2ccccc2CN)cn1. The maximum Gasteiger partial charge on any atom is 0.157 e. The van der Waals surface area contributed by atoms with E-state index in [9.17, 15) is 5.11 Å². The highest BCUT2D eigenvalue weighted by Gasteiger charge is 2.09. The standard InChI is InChI=1S/C14H19N3O3/c1-17-8-13(7-16-17)19-9-12(18)10-20-14-5-3-2-4-11(14)6-15/h2-5,7-8,12,18H,6,9-10,15H2,1H3. The molecule has 0 amide bonds. The predicted octanol–water partition coefficient (Wildman–Crippen LogP) is 0.697. The Balaban J connectivity index is 1.78. The first-order valence-electron chi connectivity index (χ1n) is 6.39. The van der Waals surface area contributed by atoms with Gasteiger partial charge in [0.25, 0.3) is 0 Å². The third kappa shape index (κ3) is 3.97. The Morgan fingerprint density at radius 3 is 2.75 bits per heavy atom. The minimum Gasteiger partial charge on any atom is -0.490 e. The van der Waals surface area contributed by atoms with E-state index in [-0.39, 0.29) is 13.2 Å². The van der Waals surface area contributed by atoms with Crippen molar-refractivity contribution in [3.8, 4) is 11.5 Å². The van der Waals surface area contributed by atoms with Crippen molar-refractivity contribution in [3.63, 3.8) is 0 Å². The fraction of sp³-hybridized carbons (Fsp3) is 0.357. The lowest BCUT2D eigenvalue weighted by molar-refractivity contribution is 0.0623. The fourth-order valence-corrected chi connectivity index (χ4v) is 1.71. The largest absolute Gasteiger partial charge is 0.490 e. The molecular formula is C14H19N3O3. The van der Waals surface area contributed by atoms with Crippen LogP contribution in [0.15, 0.2) is 36.7 Å². The van der Waals surface area contributed by atoms with Crippen molar-refractivity contribution >= 4 is 0 Å². The van der Waals surface area contributed by atoms with Crippen LogP contribution >= 0.6 is 0 Å². The molecule has 1 aromatic carbocycles. The monoisotopic (exact) mass is 277 g/mol. The Bertz CT molecular complexity index is 542. The summed E-state index contributed by atoms with van der Waals surface area (Å²) >= 11 is 0. The molecule has 1 unspecified atom stereocenters. The number of rotatable bonds is 7. The number of hydrogen-bond acceptors (Lipinski definition) is 5. The first kappa shape index (κ1) is 14.4. The van der Waals surface area contributed by atoms with E-state index in [2.05, 4.69) is 5.10 Å². The molecule has 0 aliphatic heterocycles. The minimum atomic E-state index is -0.721. The normalized spacial score (nSPS) is 12.2. The second-order valence-electron chi connectivity index (χ2n) is 4.44. The molecule has 2 aromatic rings. The number of para-hydroxylation sites is 1. The van der Waals surface area contributed by atoms with Crippen molar-refractivity contribution in [2.75, 3.05) is 13.2 Å². The molecular weight excluding hydrogens is 258 g/mol. The van der Waals surface area contributed by atoms with Gasteiger partial charge in [0.05, 0.1) is 12.4 Å². The second-order valence-corrected chi connectivity index (χ2v) is 4.44. The average Bonchev–Trinajstić information content (AvgIpc) is 2.89. The summed E-state index contributed by atoms with van der Waals surface area (Å²) < 4.78 is 12.6. The summed E-state index contributed by atoms with van der Waals surface area (Å²) in [6, 6.07) is 7.49. The van der Waals surface area contributed by atoms with Crippen LogP contribution in [0, 0.1) is 0 Å². The zero-order chi connectivity index (χ0) is 14.4. The molecule has 0 aliphatic rings. The van der Waals surface area contributed by atoms with Crippen molar-refractivity contribution in [1.29, 1.82) is 0 Å². The summed E-state index contributed by atoms with van der Waals surface area (Å²) in [5, 5.41) is 13.8. The molecule has 6 nitrogen and oxygen atoms in total. The van der Waals surface area contributed by atoms with Gasteiger partial charge in [-0.05, 0) is 6.07 Å². The van der Waals surface area contributed by atoms with E-state index in [1.807, 2.05) is 24.3 Å². The van der Waals surface area contributed by atoms with Crippen LogP contribution in [-0.2, 0) is 13.6 Å². The van der Waals surface area contributed by atoms with Crippen molar-refractivity contribution in [3.05, 3.63) is 42.2 Å². The van der Waals surface area contributed by atoms with Gasteiger partial charge in [0.15, 0.2) is 5.75 Å². The highest BCUT2D eigenvalue weighted by molar-refractivity contribution is 5.32. The zero-order valence-electron chi connectivity index (χ0n) is 11.4. The van der Waals surface area contributed by atoms with Crippen LogP contribution in [0.1, 0.15) is 5.56 Å². The molecule has 2 rings (SSSR count). The Morgan fingerprint density at radius 2 is 2.05 bits per heavy atom. The summed E-state index contributed by atoms with van der Waals surface area (Å²) in [6.45, 7) is 0.701. The lowest BCUT2D eigenvalue weighted by Gasteiger charge is -2.14. The number of nitrogens with zero attached hydrogens (tertiary/aromatic N) is 2. The molecule has 0 radical (unpaired) electrons.